The summed E-state index contributed by atoms with van der Waals surface area (Å²) in [6, 6.07) is 0.439. The number of carbonyl (C=O) groups excluding carboxylic acids is 1. The van der Waals surface area contributed by atoms with Crippen molar-refractivity contribution in [3.05, 3.63) is 10.4 Å². The predicted octanol–water partition coefficient (Wildman–Crippen LogP) is 0.882. The zero-order valence-corrected chi connectivity index (χ0v) is 8.96. The summed E-state index contributed by atoms with van der Waals surface area (Å²) in [6.45, 7) is 3.96. The Hall–Kier alpha value is -1.26. The molecule has 0 aliphatic carbocycles. The highest BCUT2D eigenvalue weighted by atomic mass is 16.1. The molecular weight excluding hydrogens is 194 g/mol. The standard InChI is InChI=1S/C9H17N5O/c1-7-2-3-8(9(10)15)6-14(7)5-4-12-13-11/h7-8H,2-6H2,1H3,(H2,10,15). The predicted molar refractivity (Wildman–Crippen MR) is 57.0 cm³/mol. The third-order valence-corrected chi connectivity index (χ3v) is 2.96. The highest BCUT2D eigenvalue weighted by Gasteiger charge is 2.27. The molecule has 0 bridgehead atoms. The Labute approximate surface area is 89.0 Å². The van der Waals surface area contributed by atoms with Crippen molar-refractivity contribution in [2.75, 3.05) is 19.6 Å². The van der Waals surface area contributed by atoms with E-state index in [2.05, 4.69) is 21.8 Å². The van der Waals surface area contributed by atoms with E-state index in [1.54, 1.807) is 0 Å². The molecule has 0 aromatic rings. The zero-order chi connectivity index (χ0) is 11.3. The molecule has 1 fully saturated rings. The summed E-state index contributed by atoms with van der Waals surface area (Å²) >= 11 is 0. The summed E-state index contributed by atoms with van der Waals surface area (Å²) in [4.78, 5) is 15.9. The van der Waals surface area contributed by atoms with E-state index < -0.39 is 0 Å². The fourth-order valence-corrected chi connectivity index (χ4v) is 1.94. The Balaban J connectivity index is 2.45. The van der Waals surface area contributed by atoms with Gasteiger partial charge in [0.1, 0.15) is 0 Å². The molecule has 0 spiro atoms. The molecule has 1 aliphatic rings. The Bertz CT molecular complexity index is 274. The molecule has 0 radical (unpaired) electrons. The average molecular weight is 211 g/mol. The molecule has 2 unspecified atom stereocenters. The van der Waals surface area contributed by atoms with Crippen LogP contribution in [0.4, 0.5) is 0 Å². The Kier molecular flexibility index (Phi) is 4.39. The van der Waals surface area contributed by atoms with Crippen LogP contribution in [0.2, 0.25) is 0 Å². The second-order valence-electron chi connectivity index (χ2n) is 3.98. The van der Waals surface area contributed by atoms with Gasteiger partial charge in [0.05, 0.1) is 5.92 Å². The molecule has 1 heterocycles. The van der Waals surface area contributed by atoms with E-state index in [0.717, 1.165) is 12.8 Å². The van der Waals surface area contributed by atoms with E-state index in [1.165, 1.54) is 0 Å². The zero-order valence-electron chi connectivity index (χ0n) is 8.96. The van der Waals surface area contributed by atoms with Crippen LogP contribution in [0, 0.1) is 5.92 Å². The van der Waals surface area contributed by atoms with E-state index in [0.29, 0.717) is 25.7 Å². The number of piperidine rings is 1. The van der Waals surface area contributed by atoms with E-state index >= 15 is 0 Å². The fourth-order valence-electron chi connectivity index (χ4n) is 1.94. The van der Waals surface area contributed by atoms with Crippen LogP contribution in [0.3, 0.4) is 0 Å². The van der Waals surface area contributed by atoms with Crippen molar-refractivity contribution in [3.63, 3.8) is 0 Å². The molecule has 1 saturated heterocycles. The van der Waals surface area contributed by atoms with Gasteiger partial charge < -0.3 is 5.73 Å². The average Bonchev–Trinajstić information content (AvgIpc) is 2.20. The normalized spacial score (nSPS) is 27.0. The lowest BCUT2D eigenvalue weighted by molar-refractivity contribution is -0.123. The lowest BCUT2D eigenvalue weighted by Gasteiger charge is -2.36. The number of amides is 1. The van der Waals surface area contributed by atoms with Crippen molar-refractivity contribution in [2.45, 2.75) is 25.8 Å². The lowest BCUT2D eigenvalue weighted by Crippen LogP contribution is -2.46. The number of likely N-dealkylation sites (tertiary alicyclic amines) is 1. The number of nitrogens with zero attached hydrogens (tertiary/aromatic N) is 4. The third kappa shape index (κ3) is 3.42. The largest absolute Gasteiger partial charge is 0.369 e. The molecule has 2 atom stereocenters. The van der Waals surface area contributed by atoms with Gasteiger partial charge in [-0.3, -0.25) is 9.69 Å². The van der Waals surface area contributed by atoms with Crippen molar-refractivity contribution in [1.29, 1.82) is 0 Å². The first-order chi connectivity index (χ1) is 7.15. The van der Waals surface area contributed by atoms with Crippen LogP contribution in [0.1, 0.15) is 19.8 Å². The summed E-state index contributed by atoms with van der Waals surface area (Å²) in [7, 11) is 0. The summed E-state index contributed by atoms with van der Waals surface area (Å²) in [6.07, 6.45) is 1.85. The summed E-state index contributed by atoms with van der Waals surface area (Å²) in [5.74, 6) is -0.275. The number of nitrogens with two attached hydrogens (primary N) is 1. The van der Waals surface area contributed by atoms with Crippen LogP contribution in [0.5, 0.6) is 0 Å². The number of hydrogen-bond donors (Lipinski definition) is 1. The Morgan fingerprint density at radius 1 is 1.67 bits per heavy atom. The molecule has 84 valence electrons. The Morgan fingerprint density at radius 2 is 2.40 bits per heavy atom. The van der Waals surface area contributed by atoms with Gasteiger partial charge in [-0.05, 0) is 25.3 Å². The maximum Gasteiger partial charge on any atom is 0.221 e. The van der Waals surface area contributed by atoms with Gasteiger partial charge in [0.15, 0.2) is 0 Å². The maximum atomic E-state index is 11.1. The van der Waals surface area contributed by atoms with Crippen molar-refractivity contribution < 1.29 is 4.79 Å². The first-order valence-electron chi connectivity index (χ1n) is 5.19. The molecule has 6 nitrogen and oxygen atoms in total. The summed E-state index contributed by atoms with van der Waals surface area (Å²) in [5, 5.41) is 3.49. The first-order valence-corrected chi connectivity index (χ1v) is 5.19. The summed E-state index contributed by atoms with van der Waals surface area (Å²) in [5.41, 5.74) is 13.4. The second-order valence-corrected chi connectivity index (χ2v) is 3.98. The monoisotopic (exact) mass is 211 g/mol. The molecule has 1 aliphatic heterocycles. The van der Waals surface area contributed by atoms with Crippen molar-refractivity contribution in [2.24, 2.45) is 16.8 Å². The molecule has 0 aromatic heterocycles. The van der Waals surface area contributed by atoms with Gasteiger partial charge in [-0.2, -0.15) is 0 Å². The molecule has 0 saturated carbocycles. The highest BCUT2D eigenvalue weighted by molar-refractivity contribution is 5.76. The SMILES string of the molecule is CC1CCC(C(N)=O)CN1CCN=[N+]=[N-]. The molecular formula is C9H17N5O. The van der Waals surface area contributed by atoms with E-state index in [1.807, 2.05) is 0 Å². The van der Waals surface area contributed by atoms with Gasteiger partial charge in [-0.1, -0.05) is 5.11 Å². The van der Waals surface area contributed by atoms with Crippen molar-refractivity contribution in [1.82, 2.24) is 4.90 Å². The van der Waals surface area contributed by atoms with Crippen LogP contribution in [-0.4, -0.2) is 36.5 Å². The second kappa shape index (κ2) is 5.58. The number of hydrogen-bond acceptors (Lipinski definition) is 3. The minimum absolute atomic E-state index is 0.0488. The van der Waals surface area contributed by atoms with Crippen molar-refractivity contribution in [3.8, 4) is 0 Å². The van der Waals surface area contributed by atoms with Crippen LogP contribution < -0.4 is 5.73 Å². The number of carbonyl (C=O) groups is 1. The quantitative estimate of drug-likeness (QED) is 0.424. The topological polar surface area (TPSA) is 95.1 Å². The lowest BCUT2D eigenvalue weighted by atomic mass is 9.93. The molecule has 2 N–H and O–H groups in total. The first kappa shape index (κ1) is 11.8. The van der Waals surface area contributed by atoms with Gasteiger partial charge in [0, 0.05) is 30.6 Å². The fraction of sp³-hybridized carbons (Fsp3) is 0.889. The molecule has 1 rings (SSSR count). The van der Waals surface area contributed by atoms with Crippen LogP contribution in [0.25, 0.3) is 10.4 Å². The minimum atomic E-state index is -0.226. The smallest absolute Gasteiger partial charge is 0.221 e. The van der Waals surface area contributed by atoms with Gasteiger partial charge in [0.25, 0.3) is 0 Å². The Morgan fingerprint density at radius 3 is 3.00 bits per heavy atom. The van der Waals surface area contributed by atoms with Gasteiger partial charge in [-0.15, -0.1) is 0 Å². The third-order valence-electron chi connectivity index (χ3n) is 2.96. The number of primary amides is 1. The minimum Gasteiger partial charge on any atom is -0.369 e. The molecule has 15 heavy (non-hydrogen) atoms. The number of rotatable bonds is 4. The van der Waals surface area contributed by atoms with Crippen molar-refractivity contribution >= 4 is 5.91 Å². The molecule has 1 amide bonds. The highest BCUT2D eigenvalue weighted by Crippen LogP contribution is 2.21. The van der Waals surface area contributed by atoms with Gasteiger partial charge >= 0.3 is 0 Å². The van der Waals surface area contributed by atoms with Crippen LogP contribution >= 0.6 is 0 Å². The van der Waals surface area contributed by atoms with Crippen LogP contribution in [0.15, 0.2) is 5.11 Å². The number of azide groups is 1. The maximum absolute atomic E-state index is 11.1. The summed E-state index contributed by atoms with van der Waals surface area (Å²) < 4.78 is 0. The van der Waals surface area contributed by atoms with Gasteiger partial charge in [-0.25, -0.2) is 0 Å². The molecule has 6 heteroatoms. The van der Waals surface area contributed by atoms with Crippen LogP contribution in [-0.2, 0) is 4.79 Å². The molecule has 0 aromatic carbocycles. The van der Waals surface area contributed by atoms with Gasteiger partial charge in [0.2, 0.25) is 5.91 Å². The van der Waals surface area contributed by atoms with E-state index in [9.17, 15) is 4.79 Å². The van der Waals surface area contributed by atoms with E-state index in [4.69, 9.17) is 11.3 Å². The van der Waals surface area contributed by atoms with E-state index in [-0.39, 0.29) is 11.8 Å².